The summed E-state index contributed by atoms with van der Waals surface area (Å²) < 4.78 is 22.5. The van der Waals surface area contributed by atoms with Gasteiger partial charge >= 0.3 is 0 Å². The molecule has 0 bridgehead atoms. The van der Waals surface area contributed by atoms with Gasteiger partial charge in [0, 0.05) is 5.16 Å². The molecule has 0 saturated carbocycles. The Morgan fingerprint density at radius 2 is 1.56 bits per heavy atom. The quantitative estimate of drug-likeness (QED) is 0.785. The van der Waals surface area contributed by atoms with E-state index in [4.69, 9.17) is 9.47 Å². The highest BCUT2D eigenvalue weighted by Crippen LogP contribution is 2.45. The van der Waals surface area contributed by atoms with Crippen molar-refractivity contribution in [2.24, 2.45) is 0 Å². The molecule has 99 valence electrons. The van der Waals surface area contributed by atoms with Gasteiger partial charge in [-0.1, -0.05) is 6.07 Å². The largest absolute Gasteiger partial charge is 0.496 e. The maximum atomic E-state index is 12.3. The van der Waals surface area contributed by atoms with Gasteiger partial charge in [-0.15, -0.1) is 0 Å². The van der Waals surface area contributed by atoms with Crippen LogP contribution in [-0.2, 0) is 4.57 Å². The van der Waals surface area contributed by atoms with Gasteiger partial charge in [0.15, 0.2) is 7.80 Å². The van der Waals surface area contributed by atoms with Crippen LogP contribution in [0.5, 0.6) is 11.5 Å². The third-order valence-electron chi connectivity index (χ3n) is 2.44. The molecule has 0 aliphatic heterocycles. The van der Waals surface area contributed by atoms with Crippen molar-refractivity contribution >= 4 is 13.3 Å². The fourth-order valence-electron chi connectivity index (χ4n) is 1.47. The Bertz CT molecular complexity index is 452. The first-order valence-electron chi connectivity index (χ1n) is 5.55. The Balaban J connectivity index is 3.32. The minimum atomic E-state index is -2.05. The predicted octanol–water partition coefficient (Wildman–Crippen LogP) is 3.47. The molecule has 1 radical (unpaired) electrons. The van der Waals surface area contributed by atoms with Gasteiger partial charge in [-0.2, -0.15) is 0 Å². The number of benzene rings is 1. The number of hydrogen-bond donors (Lipinski definition) is 0. The number of carbonyl (C=O) groups is 1. The molecule has 0 spiro atoms. The normalized spacial score (nSPS) is 11.9. The first kappa shape index (κ1) is 14.7. The van der Waals surface area contributed by atoms with Crippen LogP contribution >= 0.6 is 7.80 Å². The monoisotopic (exact) mass is 269 g/mol. The minimum absolute atomic E-state index is 0.249. The summed E-state index contributed by atoms with van der Waals surface area (Å²) in [6, 6.07) is 5.03. The molecule has 1 aromatic rings. The maximum Gasteiger partial charge on any atom is 0.249 e. The molecule has 0 aromatic heterocycles. The van der Waals surface area contributed by atoms with E-state index in [2.05, 4.69) is 0 Å². The van der Waals surface area contributed by atoms with Crippen molar-refractivity contribution in [3.8, 4) is 11.5 Å². The molecule has 5 heteroatoms. The molecule has 0 aliphatic rings. The van der Waals surface area contributed by atoms with Crippen molar-refractivity contribution in [2.75, 3.05) is 14.2 Å². The molecular formula is C13H18O4P. The Morgan fingerprint density at radius 1 is 1.11 bits per heavy atom. The molecule has 1 aromatic carbocycles. The Hall–Kier alpha value is -1.41. The summed E-state index contributed by atoms with van der Waals surface area (Å²) in [6.45, 7) is 5.31. The SMILES string of the molecule is COc1cccc(OC)c1C(=O)[P](=O)C(C)(C)C. The second-order valence-corrected chi connectivity index (χ2v) is 7.14. The van der Waals surface area contributed by atoms with Crippen molar-refractivity contribution in [2.45, 2.75) is 25.9 Å². The highest BCUT2D eigenvalue weighted by molar-refractivity contribution is 7.66. The fraction of sp³-hybridized carbons (Fsp3) is 0.462. The maximum absolute atomic E-state index is 12.3. The van der Waals surface area contributed by atoms with E-state index in [1.54, 1.807) is 39.0 Å². The molecule has 4 nitrogen and oxygen atoms in total. The molecular weight excluding hydrogens is 251 g/mol. The number of carbonyl (C=O) groups excluding carboxylic acids is 1. The highest BCUT2D eigenvalue weighted by Gasteiger charge is 2.32. The van der Waals surface area contributed by atoms with Gasteiger partial charge < -0.3 is 9.47 Å². The van der Waals surface area contributed by atoms with Crippen LogP contribution in [0.3, 0.4) is 0 Å². The first-order valence-corrected chi connectivity index (χ1v) is 6.81. The molecule has 1 unspecified atom stereocenters. The van der Waals surface area contributed by atoms with Crippen LogP contribution in [-0.4, -0.2) is 24.9 Å². The topological polar surface area (TPSA) is 52.6 Å². The highest BCUT2D eigenvalue weighted by atomic mass is 31.1. The van der Waals surface area contributed by atoms with Crippen molar-refractivity contribution in [3.63, 3.8) is 0 Å². The minimum Gasteiger partial charge on any atom is -0.496 e. The second-order valence-electron chi connectivity index (χ2n) is 4.81. The molecule has 0 amide bonds. The zero-order chi connectivity index (χ0) is 13.9. The van der Waals surface area contributed by atoms with Gasteiger partial charge in [-0.25, -0.2) is 0 Å². The molecule has 0 heterocycles. The number of methoxy groups -OCH3 is 2. The average molecular weight is 269 g/mol. The van der Waals surface area contributed by atoms with Crippen LogP contribution < -0.4 is 9.47 Å². The van der Waals surface area contributed by atoms with E-state index < -0.39 is 18.5 Å². The van der Waals surface area contributed by atoms with Gasteiger partial charge in [-0.3, -0.25) is 9.36 Å². The lowest BCUT2D eigenvalue weighted by Gasteiger charge is -2.18. The summed E-state index contributed by atoms with van der Waals surface area (Å²) in [7, 11) is 0.884. The van der Waals surface area contributed by atoms with Gasteiger partial charge in [0.1, 0.15) is 17.1 Å². The van der Waals surface area contributed by atoms with Crippen molar-refractivity contribution < 1.29 is 18.8 Å². The number of hydrogen-bond acceptors (Lipinski definition) is 4. The smallest absolute Gasteiger partial charge is 0.249 e. The zero-order valence-corrected chi connectivity index (χ0v) is 12.2. The van der Waals surface area contributed by atoms with Crippen LogP contribution in [0.4, 0.5) is 0 Å². The summed E-state index contributed by atoms with van der Waals surface area (Å²) >= 11 is 0. The van der Waals surface area contributed by atoms with E-state index in [9.17, 15) is 9.36 Å². The lowest BCUT2D eigenvalue weighted by Crippen LogP contribution is -2.13. The molecule has 18 heavy (non-hydrogen) atoms. The lowest BCUT2D eigenvalue weighted by molar-refractivity contribution is 0.107. The van der Waals surface area contributed by atoms with Crippen LogP contribution in [0.2, 0.25) is 0 Å². The summed E-state index contributed by atoms with van der Waals surface area (Å²) in [4.78, 5) is 12.3. The van der Waals surface area contributed by atoms with E-state index >= 15 is 0 Å². The van der Waals surface area contributed by atoms with E-state index in [-0.39, 0.29) is 5.56 Å². The van der Waals surface area contributed by atoms with Gasteiger partial charge in [0.25, 0.3) is 0 Å². The molecule has 1 rings (SSSR count). The predicted molar refractivity (Wildman–Crippen MR) is 71.2 cm³/mol. The van der Waals surface area contributed by atoms with E-state index in [1.807, 2.05) is 0 Å². The molecule has 0 N–H and O–H groups in total. The first-order chi connectivity index (χ1) is 8.32. The van der Waals surface area contributed by atoms with Crippen molar-refractivity contribution in [1.29, 1.82) is 0 Å². The van der Waals surface area contributed by atoms with E-state index in [0.717, 1.165) is 0 Å². The molecule has 0 aliphatic carbocycles. The molecule has 0 saturated heterocycles. The third kappa shape index (κ3) is 2.88. The third-order valence-corrected chi connectivity index (χ3v) is 4.25. The van der Waals surface area contributed by atoms with Crippen LogP contribution in [0.1, 0.15) is 31.1 Å². The lowest BCUT2D eigenvalue weighted by atomic mass is 10.2. The fourth-order valence-corrected chi connectivity index (χ4v) is 2.50. The standard InChI is InChI=1S/C13H18O4P/c1-13(2,3)18(15)12(14)11-9(16-4)7-6-8-10(11)17-5/h6-8H,1-5H3. The van der Waals surface area contributed by atoms with Crippen LogP contribution in [0, 0.1) is 0 Å². The van der Waals surface area contributed by atoms with Gasteiger partial charge in [0.2, 0.25) is 5.52 Å². The Kier molecular flexibility index (Phi) is 4.47. The van der Waals surface area contributed by atoms with E-state index in [0.29, 0.717) is 11.5 Å². The van der Waals surface area contributed by atoms with Crippen molar-refractivity contribution in [3.05, 3.63) is 23.8 Å². The number of ether oxygens (including phenoxy) is 2. The zero-order valence-electron chi connectivity index (χ0n) is 11.3. The summed E-state index contributed by atoms with van der Waals surface area (Å²) in [5.74, 6) is 0.763. The number of rotatable bonds is 4. The van der Waals surface area contributed by atoms with Crippen molar-refractivity contribution in [1.82, 2.24) is 0 Å². The molecule has 1 atom stereocenters. The summed E-state index contributed by atoms with van der Waals surface area (Å²) in [5.41, 5.74) is -0.190. The van der Waals surface area contributed by atoms with Gasteiger partial charge in [-0.05, 0) is 32.9 Å². The molecule has 0 fully saturated rings. The van der Waals surface area contributed by atoms with Gasteiger partial charge in [0.05, 0.1) is 14.2 Å². The Labute approximate surface area is 108 Å². The Morgan fingerprint density at radius 3 is 1.89 bits per heavy atom. The average Bonchev–Trinajstić information content (AvgIpc) is 2.34. The summed E-state index contributed by atoms with van der Waals surface area (Å²) in [6.07, 6.45) is 0. The van der Waals surface area contributed by atoms with Crippen LogP contribution in [0.25, 0.3) is 0 Å². The second kappa shape index (κ2) is 5.49. The summed E-state index contributed by atoms with van der Waals surface area (Å²) in [5, 5.41) is -0.585. The van der Waals surface area contributed by atoms with Crippen LogP contribution in [0.15, 0.2) is 18.2 Å². The van der Waals surface area contributed by atoms with E-state index in [1.165, 1.54) is 14.2 Å².